The summed E-state index contributed by atoms with van der Waals surface area (Å²) in [5.41, 5.74) is 0. The molecule has 0 aromatic heterocycles. The first-order valence-corrected chi connectivity index (χ1v) is 0.952. The summed E-state index contributed by atoms with van der Waals surface area (Å²) < 4.78 is 0. The number of carbonyl (C=O) groups excluding carboxylic acids is 1. The van der Waals surface area contributed by atoms with Gasteiger partial charge in [0.25, 0.3) is 0 Å². The zero-order chi connectivity index (χ0) is 4.28. The molecule has 6 heavy (non-hydrogen) atoms. The van der Waals surface area contributed by atoms with Gasteiger partial charge in [-0.25, -0.2) is 4.79 Å². The van der Waals surface area contributed by atoms with Gasteiger partial charge in [0.1, 0.15) is 0 Å². The number of carboxylic acids is 1. The summed E-state index contributed by atoms with van der Waals surface area (Å²) in [6, 6.07) is 0. The molecule has 0 saturated carbocycles. The smallest absolute Gasteiger partial charge is 0.368 e. The maximum atomic E-state index is 9.00. The standard InChI is InChI=1S/C2H2O3.Na/c3-1-2(4)5;/h1H,(H,4,5);. The Bertz CT molecular complexity index is 59.8. The van der Waals surface area contributed by atoms with E-state index in [1.807, 2.05) is 0 Å². The van der Waals surface area contributed by atoms with Gasteiger partial charge in [-0.15, -0.1) is 0 Å². The number of hydrogen-bond donors (Lipinski definition) is 1. The van der Waals surface area contributed by atoms with E-state index in [2.05, 4.69) is 0 Å². The van der Waals surface area contributed by atoms with Gasteiger partial charge in [0.15, 0.2) is 0 Å². The minimum atomic E-state index is -1.43. The number of carbonyl (C=O) groups is 2. The number of carboxylic acid groups (broad SMARTS) is 1. The van der Waals surface area contributed by atoms with Crippen LogP contribution in [-0.4, -0.2) is 46.9 Å². The van der Waals surface area contributed by atoms with E-state index in [1.165, 1.54) is 0 Å². The molecule has 4 heteroatoms. The van der Waals surface area contributed by atoms with Crippen LogP contribution >= 0.6 is 0 Å². The van der Waals surface area contributed by atoms with Crippen molar-refractivity contribution >= 4 is 41.8 Å². The Hall–Kier alpha value is 0.140. The fourth-order valence-electron chi connectivity index (χ4n) is 0. The van der Waals surface area contributed by atoms with Crippen LogP contribution in [0.15, 0.2) is 0 Å². The van der Waals surface area contributed by atoms with Crippen LogP contribution < -0.4 is 0 Å². The van der Waals surface area contributed by atoms with Crippen molar-refractivity contribution < 1.29 is 14.7 Å². The van der Waals surface area contributed by atoms with E-state index in [9.17, 15) is 0 Å². The molecule has 0 rings (SSSR count). The Morgan fingerprint density at radius 1 is 1.67 bits per heavy atom. The van der Waals surface area contributed by atoms with Crippen LogP contribution in [0.4, 0.5) is 0 Å². The van der Waals surface area contributed by atoms with Gasteiger partial charge in [0.05, 0.1) is 0 Å². The molecule has 0 saturated heterocycles. The Morgan fingerprint density at radius 3 is 1.83 bits per heavy atom. The summed E-state index contributed by atoms with van der Waals surface area (Å²) in [6.07, 6.45) is -0.167. The number of rotatable bonds is 1. The Labute approximate surface area is 56.6 Å². The molecule has 0 atom stereocenters. The van der Waals surface area contributed by atoms with E-state index in [0.717, 1.165) is 0 Å². The number of aliphatic carboxylic acids is 1. The molecule has 0 aromatic carbocycles. The topological polar surface area (TPSA) is 54.4 Å². The molecule has 1 N–H and O–H groups in total. The van der Waals surface area contributed by atoms with E-state index in [0.29, 0.717) is 0 Å². The SMILES string of the molecule is O=CC(=O)O.[Na]. The molecule has 0 heterocycles. The molecule has 0 fully saturated rings. The predicted molar refractivity (Wildman–Crippen MR) is 19.5 cm³/mol. The van der Waals surface area contributed by atoms with Gasteiger partial charge in [-0.2, -0.15) is 0 Å². The van der Waals surface area contributed by atoms with Gasteiger partial charge in [-0.3, -0.25) is 4.79 Å². The van der Waals surface area contributed by atoms with Crippen LogP contribution in [0.25, 0.3) is 0 Å². The summed E-state index contributed by atoms with van der Waals surface area (Å²) in [5.74, 6) is -1.43. The fourth-order valence-corrected chi connectivity index (χ4v) is 0. The van der Waals surface area contributed by atoms with Crippen LogP contribution in [0.1, 0.15) is 0 Å². The van der Waals surface area contributed by atoms with Crippen molar-refractivity contribution in [1.29, 1.82) is 0 Å². The minimum absolute atomic E-state index is 0. The third kappa shape index (κ3) is 8.91. The molecule has 0 amide bonds. The van der Waals surface area contributed by atoms with E-state index in [4.69, 9.17) is 14.7 Å². The second-order valence-electron chi connectivity index (χ2n) is 0.456. The summed E-state index contributed by atoms with van der Waals surface area (Å²) in [6.45, 7) is 0. The third-order valence-electron chi connectivity index (χ3n) is 0.101. The van der Waals surface area contributed by atoms with E-state index in [1.54, 1.807) is 0 Å². The second-order valence-corrected chi connectivity index (χ2v) is 0.456. The molecular weight excluding hydrogens is 95.0 g/mol. The van der Waals surface area contributed by atoms with Crippen LogP contribution in [0.3, 0.4) is 0 Å². The third-order valence-corrected chi connectivity index (χ3v) is 0.101. The van der Waals surface area contributed by atoms with Crippen molar-refractivity contribution in [1.82, 2.24) is 0 Å². The molecule has 0 aliphatic rings. The van der Waals surface area contributed by atoms with Crippen molar-refractivity contribution in [2.24, 2.45) is 0 Å². The summed E-state index contributed by atoms with van der Waals surface area (Å²) in [5, 5.41) is 7.35. The first-order chi connectivity index (χ1) is 2.27. The van der Waals surface area contributed by atoms with Gasteiger partial charge in [0, 0.05) is 29.6 Å². The predicted octanol–water partition coefficient (Wildman–Crippen LogP) is -1.11. The van der Waals surface area contributed by atoms with E-state index >= 15 is 0 Å². The van der Waals surface area contributed by atoms with E-state index < -0.39 is 5.97 Å². The van der Waals surface area contributed by atoms with Crippen molar-refractivity contribution in [2.75, 3.05) is 0 Å². The normalized spacial score (nSPS) is 5.33. The molecule has 0 bridgehead atoms. The maximum Gasteiger partial charge on any atom is 0.368 e. The van der Waals surface area contributed by atoms with Crippen molar-refractivity contribution in [3.63, 3.8) is 0 Å². The summed E-state index contributed by atoms with van der Waals surface area (Å²) >= 11 is 0. The molecular formula is C2H2NaO3. The number of aldehydes is 1. The molecule has 3 nitrogen and oxygen atoms in total. The van der Waals surface area contributed by atoms with Crippen molar-refractivity contribution in [3.05, 3.63) is 0 Å². The Kier molecular flexibility index (Phi) is 8.11. The largest absolute Gasteiger partial charge is 0.476 e. The fraction of sp³-hybridized carbons (Fsp3) is 0. The molecule has 0 aliphatic carbocycles. The molecule has 1 radical (unpaired) electrons. The zero-order valence-corrected chi connectivity index (χ0v) is 5.34. The van der Waals surface area contributed by atoms with Crippen LogP contribution in [-0.2, 0) is 9.59 Å². The van der Waals surface area contributed by atoms with Gasteiger partial charge < -0.3 is 5.11 Å². The van der Waals surface area contributed by atoms with Gasteiger partial charge in [-0.05, 0) is 0 Å². The first kappa shape index (κ1) is 9.46. The second kappa shape index (κ2) is 5.14. The zero-order valence-electron chi connectivity index (χ0n) is 3.34. The number of hydrogen-bond acceptors (Lipinski definition) is 2. The van der Waals surface area contributed by atoms with E-state index in [-0.39, 0.29) is 35.8 Å². The van der Waals surface area contributed by atoms with Crippen molar-refractivity contribution in [3.8, 4) is 0 Å². The molecule has 0 unspecified atom stereocenters. The first-order valence-electron chi connectivity index (χ1n) is 0.952. The van der Waals surface area contributed by atoms with Crippen molar-refractivity contribution in [2.45, 2.75) is 0 Å². The average Bonchev–Trinajstić information content (AvgIpc) is 1.38. The molecule has 0 aromatic rings. The summed E-state index contributed by atoms with van der Waals surface area (Å²) in [4.78, 5) is 17.9. The Morgan fingerprint density at radius 2 is 1.83 bits per heavy atom. The van der Waals surface area contributed by atoms with Gasteiger partial charge >= 0.3 is 5.97 Å². The summed E-state index contributed by atoms with van der Waals surface area (Å²) in [7, 11) is 0. The molecule has 0 spiro atoms. The average molecular weight is 97.0 g/mol. The molecule has 29 valence electrons. The van der Waals surface area contributed by atoms with Gasteiger partial charge in [0.2, 0.25) is 6.29 Å². The Balaban J connectivity index is 0. The maximum absolute atomic E-state index is 9.00. The van der Waals surface area contributed by atoms with Gasteiger partial charge in [-0.1, -0.05) is 0 Å². The molecule has 0 aliphatic heterocycles. The van der Waals surface area contributed by atoms with Crippen LogP contribution in [0.2, 0.25) is 0 Å². The van der Waals surface area contributed by atoms with Crippen LogP contribution in [0, 0.1) is 0 Å². The monoisotopic (exact) mass is 97.0 g/mol. The van der Waals surface area contributed by atoms with Crippen LogP contribution in [0.5, 0.6) is 0 Å². The minimum Gasteiger partial charge on any atom is -0.476 e. The quantitative estimate of drug-likeness (QED) is 0.256.